The normalized spacial score (nSPS) is 10.1. The molecule has 0 aromatic heterocycles. The molecule has 1 amide bonds. The van der Waals surface area contributed by atoms with Gasteiger partial charge >= 0.3 is 0 Å². The van der Waals surface area contributed by atoms with Crippen LogP contribution in [0.5, 0.6) is 17.2 Å². The number of carbonyl (C=O) groups excluding carboxylic acids is 1. The van der Waals surface area contributed by atoms with E-state index in [9.17, 15) is 4.79 Å². The Hall–Kier alpha value is -2.69. The highest BCUT2D eigenvalue weighted by Gasteiger charge is 2.12. The molecule has 0 aliphatic carbocycles. The van der Waals surface area contributed by atoms with E-state index in [-0.39, 0.29) is 12.3 Å². The van der Waals surface area contributed by atoms with E-state index in [4.69, 9.17) is 14.2 Å². The molecule has 2 rings (SSSR count). The summed E-state index contributed by atoms with van der Waals surface area (Å²) in [7, 11) is 4.76. The average Bonchev–Trinajstić information content (AvgIpc) is 2.56. The average molecular weight is 315 g/mol. The second-order valence-electron chi connectivity index (χ2n) is 5.09. The number of amides is 1. The maximum Gasteiger partial charge on any atom is 0.228 e. The lowest BCUT2D eigenvalue weighted by Gasteiger charge is -2.13. The lowest BCUT2D eigenvalue weighted by molar-refractivity contribution is -0.115. The SMILES string of the molecule is COc1cccc(NC(=O)Cc2cc(OC)c(OC)cc2C)c1. The van der Waals surface area contributed by atoms with Gasteiger partial charge in [0.2, 0.25) is 5.91 Å². The number of methoxy groups -OCH3 is 3. The number of ether oxygens (including phenoxy) is 3. The first-order valence-corrected chi connectivity index (χ1v) is 7.22. The smallest absolute Gasteiger partial charge is 0.228 e. The predicted octanol–water partition coefficient (Wildman–Crippen LogP) is 3.20. The van der Waals surface area contributed by atoms with Crippen LogP contribution in [0.4, 0.5) is 5.69 Å². The van der Waals surface area contributed by atoms with E-state index in [2.05, 4.69) is 5.32 Å². The Labute approximate surface area is 136 Å². The highest BCUT2D eigenvalue weighted by molar-refractivity contribution is 5.92. The number of rotatable bonds is 6. The summed E-state index contributed by atoms with van der Waals surface area (Å²) in [6.07, 6.45) is 0.253. The topological polar surface area (TPSA) is 56.8 Å². The quantitative estimate of drug-likeness (QED) is 0.889. The third-order valence-electron chi connectivity index (χ3n) is 3.55. The minimum atomic E-state index is -0.103. The number of nitrogens with one attached hydrogen (secondary N) is 1. The molecule has 0 aliphatic heterocycles. The van der Waals surface area contributed by atoms with Crippen LogP contribution in [0.25, 0.3) is 0 Å². The molecule has 0 fully saturated rings. The molecule has 0 spiro atoms. The molecular weight excluding hydrogens is 294 g/mol. The van der Waals surface area contributed by atoms with Crippen LogP contribution in [0, 0.1) is 6.92 Å². The van der Waals surface area contributed by atoms with E-state index in [0.717, 1.165) is 11.1 Å². The van der Waals surface area contributed by atoms with E-state index in [1.807, 2.05) is 37.3 Å². The molecule has 2 aromatic rings. The van der Waals surface area contributed by atoms with E-state index >= 15 is 0 Å². The van der Waals surface area contributed by atoms with Crippen LogP contribution in [-0.4, -0.2) is 27.2 Å². The number of hydrogen-bond donors (Lipinski definition) is 1. The van der Waals surface area contributed by atoms with Crippen LogP contribution in [0.1, 0.15) is 11.1 Å². The maximum absolute atomic E-state index is 12.3. The lowest BCUT2D eigenvalue weighted by atomic mass is 10.0. The zero-order valence-corrected chi connectivity index (χ0v) is 13.8. The van der Waals surface area contributed by atoms with Crippen molar-refractivity contribution in [2.75, 3.05) is 26.6 Å². The van der Waals surface area contributed by atoms with Crippen molar-refractivity contribution >= 4 is 11.6 Å². The summed E-state index contributed by atoms with van der Waals surface area (Å²) in [5.41, 5.74) is 2.57. The summed E-state index contributed by atoms with van der Waals surface area (Å²) < 4.78 is 15.7. The minimum Gasteiger partial charge on any atom is -0.497 e. The molecule has 0 radical (unpaired) electrons. The maximum atomic E-state index is 12.3. The molecular formula is C18H21NO4. The van der Waals surface area contributed by atoms with Gasteiger partial charge in [0.15, 0.2) is 11.5 Å². The fourth-order valence-electron chi connectivity index (χ4n) is 2.29. The van der Waals surface area contributed by atoms with Crippen molar-refractivity contribution in [1.82, 2.24) is 0 Å². The molecule has 5 heteroatoms. The number of hydrogen-bond acceptors (Lipinski definition) is 4. The van der Waals surface area contributed by atoms with Crippen LogP contribution in [0.15, 0.2) is 36.4 Å². The van der Waals surface area contributed by atoms with E-state index in [1.165, 1.54) is 0 Å². The fraction of sp³-hybridized carbons (Fsp3) is 0.278. The van der Waals surface area contributed by atoms with Gasteiger partial charge in [0.25, 0.3) is 0 Å². The summed E-state index contributed by atoms with van der Waals surface area (Å²) in [6, 6.07) is 11.0. The van der Waals surface area contributed by atoms with E-state index in [1.54, 1.807) is 27.4 Å². The van der Waals surface area contributed by atoms with Crippen molar-refractivity contribution in [2.45, 2.75) is 13.3 Å². The van der Waals surface area contributed by atoms with Crippen LogP contribution in [0.2, 0.25) is 0 Å². The monoisotopic (exact) mass is 315 g/mol. The molecule has 0 aliphatic rings. The summed E-state index contributed by atoms with van der Waals surface area (Å²) >= 11 is 0. The molecule has 5 nitrogen and oxygen atoms in total. The predicted molar refractivity (Wildman–Crippen MR) is 89.6 cm³/mol. The number of benzene rings is 2. The fourth-order valence-corrected chi connectivity index (χ4v) is 2.29. The van der Waals surface area contributed by atoms with Crippen LogP contribution < -0.4 is 19.5 Å². The first-order chi connectivity index (χ1) is 11.1. The Morgan fingerprint density at radius 2 is 1.70 bits per heavy atom. The molecule has 0 unspecified atom stereocenters. The van der Waals surface area contributed by atoms with Gasteiger partial charge in [-0.2, -0.15) is 0 Å². The van der Waals surface area contributed by atoms with Gasteiger partial charge < -0.3 is 19.5 Å². The first-order valence-electron chi connectivity index (χ1n) is 7.22. The van der Waals surface area contributed by atoms with Crippen molar-refractivity contribution in [3.8, 4) is 17.2 Å². The summed E-state index contributed by atoms with van der Waals surface area (Å²) in [5, 5.41) is 2.87. The van der Waals surface area contributed by atoms with Crippen LogP contribution in [-0.2, 0) is 11.2 Å². The molecule has 0 saturated carbocycles. The molecule has 122 valence electrons. The highest BCUT2D eigenvalue weighted by atomic mass is 16.5. The summed E-state index contributed by atoms with van der Waals surface area (Å²) in [4.78, 5) is 12.3. The molecule has 1 N–H and O–H groups in total. The van der Waals surface area contributed by atoms with Crippen molar-refractivity contribution < 1.29 is 19.0 Å². The van der Waals surface area contributed by atoms with Crippen molar-refractivity contribution in [1.29, 1.82) is 0 Å². The van der Waals surface area contributed by atoms with Gasteiger partial charge in [0.1, 0.15) is 5.75 Å². The Morgan fingerprint density at radius 1 is 1.00 bits per heavy atom. The number of carbonyl (C=O) groups is 1. The van der Waals surface area contributed by atoms with Gasteiger partial charge in [-0.05, 0) is 42.3 Å². The molecule has 0 saturated heterocycles. The Morgan fingerprint density at radius 3 is 2.35 bits per heavy atom. The van der Waals surface area contributed by atoms with Gasteiger partial charge in [-0.15, -0.1) is 0 Å². The van der Waals surface area contributed by atoms with Crippen LogP contribution >= 0.6 is 0 Å². The highest BCUT2D eigenvalue weighted by Crippen LogP contribution is 2.30. The largest absolute Gasteiger partial charge is 0.497 e. The second-order valence-corrected chi connectivity index (χ2v) is 5.09. The lowest BCUT2D eigenvalue weighted by Crippen LogP contribution is -2.15. The Balaban J connectivity index is 2.13. The number of aryl methyl sites for hydroxylation is 1. The summed E-state index contributed by atoms with van der Waals surface area (Å²) in [6.45, 7) is 1.94. The first kappa shape index (κ1) is 16.7. The number of anilines is 1. The van der Waals surface area contributed by atoms with Gasteiger partial charge in [0, 0.05) is 11.8 Å². The van der Waals surface area contributed by atoms with Crippen molar-refractivity contribution in [3.63, 3.8) is 0 Å². The van der Waals surface area contributed by atoms with Gasteiger partial charge in [-0.25, -0.2) is 0 Å². The van der Waals surface area contributed by atoms with Crippen molar-refractivity contribution in [3.05, 3.63) is 47.5 Å². The molecule has 0 heterocycles. The Bertz CT molecular complexity index is 697. The van der Waals surface area contributed by atoms with Gasteiger partial charge in [-0.3, -0.25) is 4.79 Å². The molecule has 2 aromatic carbocycles. The molecule has 23 heavy (non-hydrogen) atoms. The van der Waals surface area contributed by atoms with Crippen molar-refractivity contribution in [2.24, 2.45) is 0 Å². The zero-order chi connectivity index (χ0) is 16.8. The molecule has 0 bridgehead atoms. The Kier molecular flexibility index (Phi) is 5.46. The van der Waals surface area contributed by atoms with E-state index in [0.29, 0.717) is 22.9 Å². The zero-order valence-electron chi connectivity index (χ0n) is 13.8. The molecule has 0 atom stereocenters. The van der Waals surface area contributed by atoms with Gasteiger partial charge in [-0.1, -0.05) is 6.07 Å². The standard InChI is InChI=1S/C18H21NO4/c1-12-8-16(22-3)17(23-4)9-13(12)10-18(20)19-14-6-5-7-15(11-14)21-2/h5-9,11H,10H2,1-4H3,(H,19,20). The third-order valence-corrected chi connectivity index (χ3v) is 3.55. The summed E-state index contributed by atoms with van der Waals surface area (Å²) in [5.74, 6) is 1.86. The second kappa shape index (κ2) is 7.54. The van der Waals surface area contributed by atoms with Crippen LogP contribution in [0.3, 0.4) is 0 Å². The third kappa shape index (κ3) is 4.16. The van der Waals surface area contributed by atoms with E-state index < -0.39 is 0 Å². The minimum absolute atomic E-state index is 0.103. The van der Waals surface area contributed by atoms with Gasteiger partial charge in [0.05, 0.1) is 27.8 Å².